The molecule has 0 unspecified atom stereocenters. The van der Waals surface area contributed by atoms with Crippen LogP contribution in [0.2, 0.25) is 5.15 Å². The second kappa shape index (κ2) is 5.18. The van der Waals surface area contributed by atoms with Gasteiger partial charge in [0.15, 0.2) is 0 Å². The van der Waals surface area contributed by atoms with E-state index in [0.29, 0.717) is 5.15 Å². The molecule has 0 aliphatic rings. The maximum Gasteiger partial charge on any atom is 0.144 e. The third kappa shape index (κ3) is 2.84. The highest BCUT2D eigenvalue weighted by atomic mass is 79.9. The molecule has 0 aliphatic carbocycles. The minimum atomic E-state index is 0.472. The molecule has 1 aromatic rings. The molecule has 12 heavy (non-hydrogen) atoms. The minimum absolute atomic E-state index is 0.472. The first-order valence-corrected chi connectivity index (χ1v) is 5.00. The van der Waals surface area contributed by atoms with E-state index in [1.165, 1.54) is 0 Å². The first-order valence-electron chi connectivity index (χ1n) is 3.50. The summed E-state index contributed by atoms with van der Waals surface area (Å²) in [5.74, 6) is 5.91. The zero-order valence-corrected chi connectivity index (χ0v) is 8.69. The molecular formula is C9H7BrClN. The van der Waals surface area contributed by atoms with Gasteiger partial charge in [0.25, 0.3) is 0 Å². The predicted octanol–water partition coefficient (Wildman–Crippen LogP) is 2.87. The van der Waals surface area contributed by atoms with E-state index in [9.17, 15) is 0 Å². The molecule has 0 amide bonds. The largest absolute Gasteiger partial charge is 0.243 e. The first kappa shape index (κ1) is 9.57. The summed E-state index contributed by atoms with van der Waals surface area (Å²) in [4.78, 5) is 3.91. The first-order chi connectivity index (χ1) is 5.84. The van der Waals surface area contributed by atoms with Crippen molar-refractivity contribution in [2.75, 3.05) is 5.33 Å². The summed E-state index contributed by atoms with van der Waals surface area (Å²) in [6.07, 6.45) is 2.48. The molecule has 0 radical (unpaired) electrons. The summed E-state index contributed by atoms with van der Waals surface area (Å²) in [6.45, 7) is 0. The third-order valence-corrected chi connectivity index (χ3v) is 1.90. The molecule has 62 valence electrons. The van der Waals surface area contributed by atoms with Crippen LogP contribution >= 0.6 is 27.5 Å². The van der Waals surface area contributed by atoms with Crippen molar-refractivity contribution in [2.45, 2.75) is 6.42 Å². The van der Waals surface area contributed by atoms with Crippen molar-refractivity contribution in [1.82, 2.24) is 4.98 Å². The van der Waals surface area contributed by atoms with Crippen molar-refractivity contribution < 1.29 is 0 Å². The van der Waals surface area contributed by atoms with Gasteiger partial charge < -0.3 is 0 Å². The molecule has 0 N–H and O–H groups in total. The summed E-state index contributed by atoms with van der Waals surface area (Å²) >= 11 is 9.07. The highest BCUT2D eigenvalue weighted by Gasteiger charge is 1.93. The highest BCUT2D eigenvalue weighted by molar-refractivity contribution is 9.09. The van der Waals surface area contributed by atoms with Crippen LogP contribution in [-0.2, 0) is 0 Å². The van der Waals surface area contributed by atoms with Gasteiger partial charge in [-0.3, -0.25) is 0 Å². The van der Waals surface area contributed by atoms with Crippen LogP contribution in [0.4, 0.5) is 0 Å². The lowest BCUT2D eigenvalue weighted by atomic mass is 10.3. The monoisotopic (exact) mass is 243 g/mol. The van der Waals surface area contributed by atoms with Crippen molar-refractivity contribution in [3.63, 3.8) is 0 Å². The van der Waals surface area contributed by atoms with Gasteiger partial charge in [-0.15, -0.1) is 0 Å². The Morgan fingerprint density at radius 3 is 3.08 bits per heavy atom. The lowest BCUT2D eigenvalue weighted by Crippen LogP contribution is -1.79. The zero-order valence-electron chi connectivity index (χ0n) is 6.35. The predicted molar refractivity (Wildman–Crippen MR) is 54.5 cm³/mol. The lowest BCUT2D eigenvalue weighted by molar-refractivity contribution is 1.30. The van der Waals surface area contributed by atoms with Crippen LogP contribution < -0.4 is 0 Å². The number of rotatable bonds is 1. The molecule has 3 heteroatoms. The van der Waals surface area contributed by atoms with Crippen molar-refractivity contribution in [2.24, 2.45) is 0 Å². The Morgan fingerprint density at radius 2 is 2.42 bits per heavy atom. The van der Waals surface area contributed by atoms with Crippen LogP contribution in [0.1, 0.15) is 12.0 Å². The van der Waals surface area contributed by atoms with Gasteiger partial charge in [0.1, 0.15) is 5.15 Å². The number of pyridine rings is 1. The van der Waals surface area contributed by atoms with Crippen LogP contribution in [0.25, 0.3) is 0 Å². The number of hydrogen-bond acceptors (Lipinski definition) is 1. The Kier molecular flexibility index (Phi) is 4.13. The minimum Gasteiger partial charge on any atom is -0.243 e. The van der Waals surface area contributed by atoms with Gasteiger partial charge in [-0.25, -0.2) is 4.98 Å². The van der Waals surface area contributed by atoms with Crippen LogP contribution in [0.5, 0.6) is 0 Å². The van der Waals surface area contributed by atoms with Gasteiger partial charge in [-0.2, -0.15) is 0 Å². The summed E-state index contributed by atoms with van der Waals surface area (Å²) in [6, 6.07) is 3.68. The molecule has 0 saturated carbocycles. The van der Waals surface area contributed by atoms with Gasteiger partial charge in [-0.05, 0) is 12.1 Å². The van der Waals surface area contributed by atoms with Crippen LogP contribution in [0.3, 0.4) is 0 Å². The summed E-state index contributed by atoms with van der Waals surface area (Å²) in [7, 11) is 0. The lowest BCUT2D eigenvalue weighted by Gasteiger charge is -1.90. The maximum absolute atomic E-state index is 5.78. The van der Waals surface area contributed by atoms with E-state index in [1.54, 1.807) is 6.20 Å². The van der Waals surface area contributed by atoms with E-state index < -0.39 is 0 Å². The van der Waals surface area contributed by atoms with Crippen molar-refractivity contribution in [3.05, 3.63) is 29.0 Å². The van der Waals surface area contributed by atoms with Crippen molar-refractivity contribution in [3.8, 4) is 11.8 Å². The van der Waals surface area contributed by atoms with Crippen LogP contribution in [0, 0.1) is 11.8 Å². The smallest absolute Gasteiger partial charge is 0.144 e. The number of nitrogens with zero attached hydrogens (tertiary/aromatic N) is 1. The zero-order chi connectivity index (χ0) is 8.81. The SMILES string of the molecule is Clc1ncccc1C#CCCBr. The topological polar surface area (TPSA) is 12.9 Å². The van der Waals surface area contributed by atoms with E-state index >= 15 is 0 Å². The molecule has 1 aromatic heterocycles. The van der Waals surface area contributed by atoms with E-state index in [2.05, 4.69) is 32.8 Å². The molecule has 0 aromatic carbocycles. The standard InChI is InChI=1S/C9H7BrClN/c10-6-2-1-4-8-5-3-7-12-9(8)11/h3,5,7H,2,6H2. The molecule has 0 spiro atoms. The molecule has 1 heterocycles. The van der Waals surface area contributed by atoms with Gasteiger partial charge in [0, 0.05) is 17.9 Å². The Labute approximate surface area is 85.3 Å². The number of halogens is 2. The van der Waals surface area contributed by atoms with E-state index in [-0.39, 0.29) is 0 Å². The molecular weight excluding hydrogens is 237 g/mol. The summed E-state index contributed by atoms with van der Waals surface area (Å²) in [5, 5.41) is 1.36. The molecule has 0 bridgehead atoms. The van der Waals surface area contributed by atoms with Crippen LogP contribution in [0.15, 0.2) is 18.3 Å². The normalized spacial score (nSPS) is 8.83. The average molecular weight is 245 g/mol. The Bertz CT molecular complexity index is 314. The van der Waals surface area contributed by atoms with E-state index in [0.717, 1.165) is 17.3 Å². The summed E-state index contributed by atoms with van der Waals surface area (Å²) in [5.41, 5.74) is 0.792. The highest BCUT2D eigenvalue weighted by Crippen LogP contribution is 2.09. The fraction of sp³-hybridized carbons (Fsp3) is 0.222. The Morgan fingerprint density at radius 1 is 1.58 bits per heavy atom. The average Bonchev–Trinajstić information content (AvgIpc) is 2.09. The van der Waals surface area contributed by atoms with E-state index in [1.807, 2.05) is 12.1 Å². The fourth-order valence-corrected chi connectivity index (χ4v) is 1.05. The van der Waals surface area contributed by atoms with Gasteiger partial charge in [0.2, 0.25) is 0 Å². The van der Waals surface area contributed by atoms with Crippen molar-refractivity contribution >= 4 is 27.5 Å². The molecule has 0 saturated heterocycles. The molecule has 0 fully saturated rings. The number of hydrogen-bond donors (Lipinski definition) is 0. The Hall–Kier alpha value is -0.520. The number of alkyl halides is 1. The van der Waals surface area contributed by atoms with Gasteiger partial charge in [0.05, 0.1) is 5.56 Å². The summed E-state index contributed by atoms with van der Waals surface area (Å²) < 4.78 is 0. The van der Waals surface area contributed by atoms with Gasteiger partial charge >= 0.3 is 0 Å². The molecule has 1 rings (SSSR count). The Balaban J connectivity index is 2.77. The van der Waals surface area contributed by atoms with Gasteiger partial charge in [-0.1, -0.05) is 39.4 Å². The van der Waals surface area contributed by atoms with Crippen molar-refractivity contribution in [1.29, 1.82) is 0 Å². The second-order valence-corrected chi connectivity index (χ2v) is 3.23. The molecule has 1 nitrogen and oxygen atoms in total. The molecule has 0 aliphatic heterocycles. The quantitative estimate of drug-likeness (QED) is 0.420. The molecule has 0 atom stereocenters. The maximum atomic E-state index is 5.78. The van der Waals surface area contributed by atoms with E-state index in [4.69, 9.17) is 11.6 Å². The fourth-order valence-electron chi connectivity index (χ4n) is 0.684. The third-order valence-electron chi connectivity index (χ3n) is 1.20. The van der Waals surface area contributed by atoms with Crippen LogP contribution in [-0.4, -0.2) is 10.3 Å². The number of aromatic nitrogens is 1. The second-order valence-electron chi connectivity index (χ2n) is 2.08.